The number of allylic oxidation sites excluding steroid dienone is 4. The van der Waals surface area contributed by atoms with Crippen molar-refractivity contribution in [3.8, 4) is 0 Å². The lowest BCUT2D eigenvalue weighted by Gasteiger charge is -2.02. The van der Waals surface area contributed by atoms with Crippen LogP contribution in [-0.2, 0) is 10.0 Å². The number of nitrogens with one attached hydrogen (secondary N) is 1. The third kappa shape index (κ3) is 3.04. The van der Waals surface area contributed by atoms with Gasteiger partial charge < -0.3 is 0 Å². The number of hydrazone groups is 1. The zero-order valence-electron chi connectivity index (χ0n) is 9.02. The zero-order chi connectivity index (χ0) is 12.1. The minimum atomic E-state index is -3.55. The van der Waals surface area contributed by atoms with Gasteiger partial charge in [0.2, 0.25) is 0 Å². The molecule has 1 N–H and O–H groups in total. The normalized spacial score (nSPS) is 15.8. The van der Waals surface area contributed by atoms with Crippen LogP contribution in [0.15, 0.2) is 64.6 Å². The molecule has 88 valence electrons. The molecule has 0 unspecified atom stereocenters. The molecule has 0 saturated carbocycles. The molecule has 0 aromatic heterocycles. The Balaban J connectivity index is 2.03. The number of nitrogens with zero attached hydrogens (tertiary/aromatic N) is 1. The van der Waals surface area contributed by atoms with E-state index >= 15 is 0 Å². The molecule has 1 aromatic rings. The van der Waals surface area contributed by atoms with Gasteiger partial charge in [-0.15, -0.1) is 0 Å². The molecule has 0 aliphatic heterocycles. The summed E-state index contributed by atoms with van der Waals surface area (Å²) in [7, 11) is -3.55. The molecule has 0 saturated heterocycles. The molecule has 1 aliphatic rings. The lowest BCUT2D eigenvalue weighted by molar-refractivity contribution is 0.584. The summed E-state index contributed by atoms with van der Waals surface area (Å²) in [6.45, 7) is 0. The van der Waals surface area contributed by atoms with E-state index in [2.05, 4.69) is 9.93 Å². The van der Waals surface area contributed by atoms with Crippen molar-refractivity contribution in [3.05, 3.63) is 54.6 Å². The molecule has 1 aliphatic carbocycles. The maximum Gasteiger partial charge on any atom is 0.276 e. The molecule has 0 bridgehead atoms. The predicted molar refractivity (Wildman–Crippen MR) is 67.0 cm³/mol. The Kier molecular flexibility index (Phi) is 3.39. The summed E-state index contributed by atoms with van der Waals surface area (Å²) in [5.74, 6) is 0.0634. The summed E-state index contributed by atoms with van der Waals surface area (Å²) < 4.78 is 23.5. The van der Waals surface area contributed by atoms with Gasteiger partial charge in [-0.1, -0.05) is 42.5 Å². The van der Waals surface area contributed by atoms with Crippen LogP contribution in [-0.4, -0.2) is 14.6 Å². The van der Waals surface area contributed by atoms with E-state index in [-0.39, 0.29) is 10.8 Å². The molecule has 0 spiro atoms. The topological polar surface area (TPSA) is 58.5 Å². The smallest absolute Gasteiger partial charge is 0.200 e. The zero-order valence-corrected chi connectivity index (χ0v) is 9.84. The van der Waals surface area contributed by atoms with E-state index in [9.17, 15) is 8.42 Å². The van der Waals surface area contributed by atoms with Gasteiger partial charge in [0.15, 0.2) is 0 Å². The first-order valence-corrected chi connectivity index (χ1v) is 6.62. The fourth-order valence-electron chi connectivity index (χ4n) is 1.39. The lowest BCUT2D eigenvalue weighted by Crippen LogP contribution is -2.18. The van der Waals surface area contributed by atoms with Gasteiger partial charge in [0.25, 0.3) is 10.0 Å². The highest BCUT2D eigenvalue weighted by atomic mass is 32.2. The van der Waals surface area contributed by atoms with Crippen LogP contribution in [0.3, 0.4) is 0 Å². The second-order valence-corrected chi connectivity index (χ2v) is 5.19. The second-order valence-electron chi connectivity index (χ2n) is 3.53. The summed E-state index contributed by atoms with van der Waals surface area (Å²) in [4.78, 5) is 2.38. The average molecular weight is 248 g/mol. The minimum Gasteiger partial charge on any atom is -0.200 e. The van der Waals surface area contributed by atoms with E-state index in [1.807, 2.05) is 24.3 Å². The van der Waals surface area contributed by atoms with Crippen LogP contribution in [0, 0.1) is 5.92 Å². The Bertz CT molecular complexity index is 547. The summed E-state index contributed by atoms with van der Waals surface area (Å²) in [5.41, 5.74) is 0. The molecule has 0 atom stereocenters. The van der Waals surface area contributed by atoms with E-state index in [1.165, 1.54) is 12.1 Å². The van der Waals surface area contributed by atoms with E-state index in [4.69, 9.17) is 0 Å². The third-order valence-electron chi connectivity index (χ3n) is 2.25. The Morgan fingerprint density at radius 1 is 1.12 bits per heavy atom. The van der Waals surface area contributed by atoms with Crippen LogP contribution in [0.2, 0.25) is 0 Å². The second kappa shape index (κ2) is 4.97. The van der Waals surface area contributed by atoms with E-state index < -0.39 is 10.0 Å². The molecule has 5 heteroatoms. The highest BCUT2D eigenvalue weighted by Gasteiger charge is 2.11. The number of benzene rings is 1. The molecule has 0 heterocycles. The van der Waals surface area contributed by atoms with Gasteiger partial charge in [-0.2, -0.15) is 13.5 Å². The molecule has 17 heavy (non-hydrogen) atoms. The van der Waals surface area contributed by atoms with Gasteiger partial charge in [-0.25, -0.2) is 4.83 Å². The Labute approximate surface area is 100 Å². The van der Waals surface area contributed by atoms with Gasteiger partial charge in [0.1, 0.15) is 0 Å². The van der Waals surface area contributed by atoms with Crippen molar-refractivity contribution in [2.24, 2.45) is 11.0 Å². The van der Waals surface area contributed by atoms with Crippen molar-refractivity contribution in [2.75, 3.05) is 0 Å². The Hall–Kier alpha value is -1.88. The van der Waals surface area contributed by atoms with Crippen molar-refractivity contribution in [3.63, 3.8) is 0 Å². The molecule has 4 nitrogen and oxygen atoms in total. The molecule has 0 radical (unpaired) electrons. The molecule has 0 amide bonds. The fraction of sp³-hybridized carbons (Fsp3) is 0.0833. The van der Waals surface area contributed by atoms with Crippen LogP contribution >= 0.6 is 0 Å². The van der Waals surface area contributed by atoms with Crippen molar-refractivity contribution >= 4 is 16.2 Å². The van der Waals surface area contributed by atoms with Crippen LogP contribution in [0.4, 0.5) is 0 Å². The molecular formula is C12H12N2O2S. The highest BCUT2D eigenvalue weighted by Crippen LogP contribution is 2.08. The number of hydrogen-bond acceptors (Lipinski definition) is 3. The minimum absolute atomic E-state index is 0.0634. The first-order chi connectivity index (χ1) is 8.18. The predicted octanol–water partition coefficient (Wildman–Crippen LogP) is 1.69. The van der Waals surface area contributed by atoms with Crippen LogP contribution < -0.4 is 4.83 Å². The average Bonchev–Trinajstić information content (AvgIpc) is 2.83. The maximum absolute atomic E-state index is 11.7. The molecular weight excluding hydrogens is 236 g/mol. The quantitative estimate of drug-likeness (QED) is 0.651. The first kappa shape index (κ1) is 11.6. The maximum atomic E-state index is 11.7. The van der Waals surface area contributed by atoms with Gasteiger partial charge in [-0.05, 0) is 12.1 Å². The van der Waals surface area contributed by atoms with E-state index in [1.54, 1.807) is 24.4 Å². The van der Waals surface area contributed by atoms with Crippen LogP contribution in [0.25, 0.3) is 0 Å². The molecule has 1 aromatic carbocycles. The van der Waals surface area contributed by atoms with Crippen molar-refractivity contribution in [1.82, 2.24) is 4.83 Å². The molecule has 2 rings (SSSR count). The summed E-state index contributed by atoms with van der Waals surface area (Å²) in [6.07, 6.45) is 9.16. The van der Waals surface area contributed by atoms with Crippen molar-refractivity contribution in [1.29, 1.82) is 0 Å². The monoisotopic (exact) mass is 248 g/mol. The van der Waals surface area contributed by atoms with Crippen LogP contribution in [0.5, 0.6) is 0 Å². The van der Waals surface area contributed by atoms with Gasteiger partial charge in [-0.3, -0.25) is 0 Å². The highest BCUT2D eigenvalue weighted by molar-refractivity contribution is 7.89. The van der Waals surface area contributed by atoms with Crippen molar-refractivity contribution < 1.29 is 8.42 Å². The van der Waals surface area contributed by atoms with Gasteiger partial charge in [0.05, 0.1) is 4.90 Å². The Morgan fingerprint density at radius 3 is 2.41 bits per heavy atom. The largest absolute Gasteiger partial charge is 0.276 e. The number of sulfonamides is 1. The number of hydrogen-bond donors (Lipinski definition) is 1. The summed E-state index contributed by atoms with van der Waals surface area (Å²) >= 11 is 0. The summed E-state index contributed by atoms with van der Waals surface area (Å²) in [6, 6.07) is 8.14. The van der Waals surface area contributed by atoms with Gasteiger partial charge >= 0.3 is 0 Å². The first-order valence-electron chi connectivity index (χ1n) is 5.13. The van der Waals surface area contributed by atoms with E-state index in [0.717, 1.165) is 0 Å². The van der Waals surface area contributed by atoms with Crippen LogP contribution in [0.1, 0.15) is 0 Å². The standard InChI is InChI=1S/C12H12N2O2S/c15-17(16,12-8-2-1-3-9-12)14-13-10-11-6-4-5-7-11/h1-11,14H/b13-10+. The summed E-state index contributed by atoms with van der Waals surface area (Å²) in [5, 5.41) is 3.74. The SMILES string of the molecule is O=S(=O)(N/N=C/C1C=CC=C1)c1ccccc1. The van der Waals surface area contributed by atoms with Gasteiger partial charge in [0, 0.05) is 12.1 Å². The molecule has 0 fully saturated rings. The number of rotatable bonds is 4. The fourth-order valence-corrected chi connectivity index (χ4v) is 2.21. The van der Waals surface area contributed by atoms with E-state index in [0.29, 0.717) is 0 Å². The lowest BCUT2D eigenvalue weighted by atomic mass is 10.2. The van der Waals surface area contributed by atoms with Crippen molar-refractivity contribution in [2.45, 2.75) is 4.90 Å². The third-order valence-corrected chi connectivity index (χ3v) is 3.49. The Morgan fingerprint density at radius 2 is 1.76 bits per heavy atom.